The maximum Gasteiger partial charge on any atom is 0.435 e. The molecule has 0 saturated heterocycles. The van der Waals surface area contributed by atoms with E-state index in [1.165, 1.54) is 4.68 Å². The summed E-state index contributed by atoms with van der Waals surface area (Å²) >= 11 is 0. The third kappa shape index (κ3) is 1.85. The van der Waals surface area contributed by atoms with Crippen molar-refractivity contribution in [2.45, 2.75) is 6.54 Å². The van der Waals surface area contributed by atoms with Crippen molar-refractivity contribution < 1.29 is 14.3 Å². The molecule has 0 amide bonds. The summed E-state index contributed by atoms with van der Waals surface area (Å²) in [7, 11) is 0. The Kier molecular flexibility index (Phi) is 2.55. The Labute approximate surface area is 90.2 Å². The lowest BCUT2D eigenvalue weighted by atomic mass is 10.2. The molecule has 0 atom stereocenters. The van der Waals surface area contributed by atoms with E-state index in [2.05, 4.69) is 9.79 Å². The second kappa shape index (κ2) is 4.01. The van der Waals surface area contributed by atoms with Crippen molar-refractivity contribution in [3.05, 3.63) is 52.0 Å². The number of nitrogens with zero attached hydrogens (tertiary/aromatic N) is 1. The van der Waals surface area contributed by atoms with E-state index in [0.717, 1.165) is 5.56 Å². The fourth-order valence-corrected chi connectivity index (χ4v) is 1.39. The third-order valence-electron chi connectivity index (χ3n) is 2.11. The number of rotatable bonds is 3. The van der Waals surface area contributed by atoms with Crippen LogP contribution in [0.2, 0.25) is 0 Å². The zero-order valence-electron chi connectivity index (χ0n) is 8.27. The van der Waals surface area contributed by atoms with E-state index in [9.17, 15) is 9.90 Å². The monoisotopic (exact) mass is 219 g/mol. The van der Waals surface area contributed by atoms with Crippen LogP contribution < -0.4 is 15.4 Å². The zero-order chi connectivity index (χ0) is 11.5. The number of aromatic nitrogens is 2. The Hall–Kier alpha value is -2.37. The predicted octanol–water partition coefficient (Wildman–Crippen LogP) is -1.01. The molecule has 16 heavy (non-hydrogen) atoms. The molecule has 0 aliphatic heterocycles. The molecule has 6 heteroatoms. The maximum atomic E-state index is 11.1. The molecule has 6 nitrogen and oxygen atoms in total. The fourth-order valence-electron chi connectivity index (χ4n) is 1.39. The van der Waals surface area contributed by atoms with Crippen LogP contribution in [-0.4, -0.2) is 11.2 Å². The lowest BCUT2D eigenvalue weighted by molar-refractivity contribution is -0.757. The minimum absolute atomic E-state index is 0.284. The number of hydrogen-bond donors (Lipinski definition) is 2. The van der Waals surface area contributed by atoms with Gasteiger partial charge >= 0.3 is 11.3 Å². The Morgan fingerprint density at radius 2 is 2.12 bits per heavy atom. The summed E-state index contributed by atoms with van der Waals surface area (Å²) < 4.78 is 5.69. The summed E-state index contributed by atoms with van der Waals surface area (Å²) in [6.07, 6.45) is 0. The molecule has 1 aromatic heterocycles. The molecule has 0 unspecified atom stereocenters. The van der Waals surface area contributed by atoms with Crippen molar-refractivity contribution in [2.75, 3.05) is 0 Å². The van der Waals surface area contributed by atoms with Crippen LogP contribution >= 0.6 is 0 Å². The quantitative estimate of drug-likeness (QED) is 0.393. The van der Waals surface area contributed by atoms with Crippen molar-refractivity contribution >= 4 is 5.90 Å². The molecule has 2 rings (SSSR count). The van der Waals surface area contributed by atoms with E-state index in [4.69, 9.17) is 5.41 Å². The molecular formula is C10H9N3O3. The van der Waals surface area contributed by atoms with Gasteiger partial charge in [0.15, 0.2) is 0 Å². The van der Waals surface area contributed by atoms with Crippen molar-refractivity contribution in [3.8, 4) is 0 Å². The minimum Gasteiger partial charge on any atom is -0.854 e. The number of H-pyrrole nitrogens is 1. The summed E-state index contributed by atoms with van der Waals surface area (Å²) in [5.41, 5.74) is -0.230. The Balaban J connectivity index is 2.36. The molecule has 0 aliphatic rings. The smallest absolute Gasteiger partial charge is 0.435 e. The van der Waals surface area contributed by atoms with Gasteiger partial charge in [-0.1, -0.05) is 35.0 Å². The van der Waals surface area contributed by atoms with Crippen LogP contribution in [0, 0.1) is 5.41 Å². The van der Waals surface area contributed by atoms with E-state index in [0.29, 0.717) is 0 Å². The highest BCUT2D eigenvalue weighted by Crippen LogP contribution is 1.97. The largest absolute Gasteiger partial charge is 0.854 e. The molecule has 82 valence electrons. The van der Waals surface area contributed by atoms with Gasteiger partial charge in [-0.05, 0) is 5.27 Å². The van der Waals surface area contributed by atoms with Gasteiger partial charge in [0.2, 0.25) is 6.54 Å². The van der Waals surface area contributed by atoms with Crippen LogP contribution in [0.3, 0.4) is 0 Å². The van der Waals surface area contributed by atoms with Gasteiger partial charge in [0, 0.05) is 5.56 Å². The first kappa shape index (κ1) is 10.2. The van der Waals surface area contributed by atoms with Gasteiger partial charge in [0.25, 0.3) is 0 Å². The topological polar surface area (TPSA) is 96.8 Å². The Bertz CT molecular complexity index is 556. The summed E-state index contributed by atoms with van der Waals surface area (Å²) in [6.45, 7) is 0.284. The second-order valence-corrected chi connectivity index (χ2v) is 3.23. The highest BCUT2D eigenvalue weighted by Gasteiger charge is 2.20. The van der Waals surface area contributed by atoms with Crippen LogP contribution in [0.1, 0.15) is 11.3 Å². The van der Waals surface area contributed by atoms with Gasteiger partial charge in [0.1, 0.15) is 0 Å². The molecule has 2 aromatic rings. The zero-order valence-corrected chi connectivity index (χ0v) is 8.27. The fraction of sp³-hybridized carbons (Fsp3) is 0.100. The lowest BCUT2D eigenvalue weighted by Crippen LogP contribution is -2.46. The Morgan fingerprint density at radius 3 is 2.75 bits per heavy atom. The van der Waals surface area contributed by atoms with Gasteiger partial charge in [-0.15, -0.1) is 0 Å². The van der Waals surface area contributed by atoms with E-state index in [-0.39, 0.29) is 12.2 Å². The number of aromatic amines is 1. The molecule has 0 aliphatic carbocycles. The van der Waals surface area contributed by atoms with Gasteiger partial charge in [-0.25, -0.2) is 4.79 Å². The molecule has 0 fully saturated rings. The van der Waals surface area contributed by atoms with Crippen molar-refractivity contribution in [2.24, 2.45) is 0 Å². The van der Waals surface area contributed by atoms with Crippen LogP contribution in [0.5, 0.6) is 0 Å². The average Bonchev–Trinajstić information content (AvgIpc) is 2.61. The van der Waals surface area contributed by atoms with E-state index < -0.39 is 11.5 Å². The molecule has 1 aromatic carbocycles. The van der Waals surface area contributed by atoms with Gasteiger partial charge in [-0.3, -0.25) is 4.52 Å². The first-order valence-electron chi connectivity index (χ1n) is 4.59. The molecule has 0 radical (unpaired) electrons. The average molecular weight is 219 g/mol. The molecular weight excluding hydrogens is 210 g/mol. The maximum absolute atomic E-state index is 11.1. The van der Waals surface area contributed by atoms with Crippen LogP contribution in [0.25, 0.3) is 0 Å². The van der Waals surface area contributed by atoms with Crippen LogP contribution in [0.15, 0.2) is 39.6 Å². The van der Waals surface area contributed by atoms with Crippen molar-refractivity contribution in [1.82, 2.24) is 5.27 Å². The van der Waals surface area contributed by atoms with Crippen LogP contribution in [0.4, 0.5) is 0 Å². The number of nitrogens with one attached hydrogen (secondary N) is 2. The summed E-state index contributed by atoms with van der Waals surface area (Å²) in [6, 6.07) is 9.24. The Morgan fingerprint density at radius 1 is 1.44 bits per heavy atom. The van der Waals surface area contributed by atoms with E-state index in [1.807, 2.05) is 30.3 Å². The van der Waals surface area contributed by atoms with Gasteiger partial charge in [-0.2, -0.15) is 0 Å². The standard InChI is InChI=1S/C10H9N3O3/c11-9(14)8-10(15)16-12-13(8)6-7-4-2-1-3-5-7/h1-5H,6H2,(H2-,11,12,14,15). The molecule has 0 spiro atoms. The number of benzene rings is 1. The summed E-state index contributed by atoms with van der Waals surface area (Å²) in [5.74, 6) is -1.06. The SMILES string of the molecule is N=C([O-])c1c(=O)o[nH][n+]1Cc1ccccc1. The first-order valence-corrected chi connectivity index (χ1v) is 4.59. The lowest BCUT2D eigenvalue weighted by Gasteiger charge is -1.99. The van der Waals surface area contributed by atoms with Crippen molar-refractivity contribution in [1.29, 1.82) is 5.41 Å². The molecule has 0 bridgehead atoms. The van der Waals surface area contributed by atoms with Crippen molar-refractivity contribution in [3.63, 3.8) is 0 Å². The highest BCUT2D eigenvalue weighted by molar-refractivity contribution is 5.83. The van der Waals surface area contributed by atoms with E-state index in [1.54, 1.807) is 0 Å². The van der Waals surface area contributed by atoms with Crippen LogP contribution in [-0.2, 0) is 6.54 Å². The van der Waals surface area contributed by atoms with Gasteiger partial charge < -0.3 is 10.5 Å². The molecule has 2 N–H and O–H groups in total. The molecule has 0 saturated carbocycles. The predicted molar refractivity (Wildman–Crippen MR) is 51.9 cm³/mol. The third-order valence-corrected chi connectivity index (χ3v) is 2.11. The second-order valence-electron chi connectivity index (χ2n) is 3.23. The minimum atomic E-state index is -1.06. The number of hydrogen-bond acceptors (Lipinski definition) is 4. The van der Waals surface area contributed by atoms with Gasteiger partial charge in [0.05, 0.1) is 5.90 Å². The normalized spacial score (nSPS) is 10.2. The summed E-state index contributed by atoms with van der Waals surface area (Å²) in [4.78, 5) is 11.1. The summed E-state index contributed by atoms with van der Waals surface area (Å²) in [5, 5.41) is 20.1. The van der Waals surface area contributed by atoms with E-state index >= 15 is 0 Å². The first-order chi connectivity index (χ1) is 7.68. The highest BCUT2D eigenvalue weighted by atomic mass is 16.5. The molecule has 1 heterocycles.